The summed E-state index contributed by atoms with van der Waals surface area (Å²) in [6.07, 6.45) is 0. The molecule has 2 heterocycles. The molecular weight excluding hydrogens is 288 g/mol. The Kier molecular flexibility index (Phi) is 3.48. The Morgan fingerprint density at radius 3 is 2.30 bits per heavy atom. The highest BCUT2D eigenvalue weighted by atomic mass is 16.1. The highest BCUT2D eigenvalue weighted by Gasteiger charge is 2.15. The summed E-state index contributed by atoms with van der Waals surface area (Å²) in [7, 11) is 0. The van der Waals surface area contributed by atoms with E-state index in [1.165, 1.54) is 17.7 Å². The smallest absolute Gasteiger partial charge is 0.248 e. The first-order chi connectivity index (χ1) is 10.8. The lowest BCUT2D eigenvalue weighted by atomic mass is 9.85. The first kappa shape index (κ1) is 15.3. The third-order valence-corrected chi connectivity index (χ3v) is 4.09. The van der Waals surface area contributed by atoms with Crippen molar-refractivity contribution in [2.75, 3.05) is 0 Å². The van der Waals surface area contributed by atoms with Crippen LogP contribution < -0.4 is 11.0 Å². The zero-order valence-electron chi connectivity index (χ0n) is 13.8. The highest BCUT2D eigenvalue weighted by molar-refractivity contribution is 5.78. The van der Waals surface area contributed by atoms with Gasteiger partial charge in [-0.25, -0.2) is 0 Å². The monoisotopic (exact) mass is 308 g/mol. The number of aromatic nitrogens is 2. The van der Waals surface area contributed by atoms with E-state index in [1.807, 2.05) is 13.0 Å². The van der Waals surface area contributed by atoms with Gasteiger partial charge in [0, 0.05) is 17.7 Å². The van der Waals surface area contributed by atoms with E-state index in [4.69, 9.17) is 0 Å². The molecule has 0 radical (unpaired) electrons. The molecule has 0 saturated heterocycles. The van der Waals surface area contributed by atoms with Gasteiger partial charge in [-0.2, -0.15) is 0 Å². The summed E-state index contributed by atoms with van der Waals surface area (Å²) in [4.78, 5) is 29.5. The first-order valence-corrected chi connectivity index (χ1v) is 7.63. The van der Waals surface area contributed by atoms with E-state index in [0.29, 0.717) is 11.0 Å². The van der Waals surface area contributed by atoms with Crippen LogP contribution in [-0.2, 0) is 5.41 Å². The number of benzene rings is 1. The van der Waals surface area contributed by atoms with Gasteiger partial charge in [0.25, 0.3) is 0 Å². The number of aromatic amines is 2. The molecule has 4 heteroatoms. The molecule has 0 unspecified atom stereocenters. The number of aryl methyl sites for hydroxylation is 1. The van der Waals surface area contributed by atoms with Crippen molar-refractivity contribution in [2.24, 2.45) is 0 Å². The molecule has 0 atom stereocenters. The number of pyridine rings is 2. The normalized spacial score (nSPS) is 11.8. The molecule has 0 aliphatic carbocycles. The zero-order valence-corrected chi connectivity index (χ0v) is 13.8. The van der Waals surface area contributed by atoms with Crippen molar-refractivity contribution in [3.05, 3.63) is 68.1 Å². The second-order valence-corrected chi connectivity index (χ2v) is 6.94. The maximum atomic E-state index is 12.3. The van der Waals surface area contributed by atoms with Gasteiger partial charge < -0.3 is 9.97 Å². The maximum absolute atomic E-state index is 12.3. The third kappa shape index (κ3) is 2.84. The first-order valence-electron chi connectivity index (χ1n) is 7.63. The van der Waals surface area contributed by atoms with Crippen LogP contribution in [0.3, 0.4) is 0 Å². The number of hydrogen-bond acceptors (Lipinski definition) is 2. The molecule has 0 amide bonds. The van der Waals surface area contributed by atoms with Gasteiger partial charge >= 0.3 is 0 Å². The summed E-state index contributed by atoms with van der Waals surface area (Å²) in [5.74, 6) is 0. The highest BCUT2D eigenvalue weighted by Crippen LogP contribution is 2.28. The molecule has 2 aromatic heterocycles. The Balaban J connectivity index is 2.19. The van der Waals surface area contributed by atoms with Crippen LogP contribution in [0.4, 0.5) is 0 Å². The molecule has 3 aromatic rings. The minimum atomic E-state index is -0.276. The van der Waals surface area contributed by atoms with Gasteiger partial charge in [-0.05, 0) is 29.5 Å². The van der Waals surface area contributed by atoms with Gasteiger partial charge in [0.15, 0.2) is 0 Å². The van der Waals surface area contributed by atoms with E-state index >= 15 is 0 Å². The lowest BCUT2D eigenvalue weighted by Crippen LogP contribution is -2.13. The second kappa shape index (κ2) is 5.23. The van der Waals surface area contributed by atoms with Crippen molar-refractivity contribution in [2.45, 2.75) is 33.1 Å². The fourth-order valence-corrected chi connectivity index (χ4v) is 2.73. The van der Waals surface area contributed by atoms with Gasteiger partial charge in [-0.15, -0.1) is 0 Å². The van der Waals surface area contributed by atoms with Crippen LogP contribution >= 0.6 is 0 Å². The van der Waals surface area contributed by atoms with Crippen LogP contribution in [0.1, 0.15) is 31.9 Å². The Morgan fingerprint density at radius 2 is 1.65 bits per heavy atom. The fourth-order valence-electron chi connectivity index (χ4n) is 2.73. The Morgan fingerprint density at radius 1 is 0.913 bits per heavy atom. The zero-order chi connectivity index (χ0) is 16.8. The van der Waals surface area contributed by atoms with E-state index in [1.54, 1.807) is 6.07 Å². The molecular formula is C19H20N2O2. The molecule has 0 aliphatic heterocycles. The molecule has 0 spiro atoms. The summed E-state index contributed by atoms with van der Waals surface area (Å²) in [6.45, 7) is 8.57. The summed E-state index contributed by atoms with van der Waals surface area (Å²) in [5, 5.41) is 0. The largest absolute Gasteiger partial charge is 0.353 e. The summed E-state index contributed by atoms with van der Waals surface area (Å²) >= 11 is 0. The van der Waals surface area contributed by atoms with Crippen LogP contribution in [0.2, 0.25) is 0 Å². The van der Waals surface area contributed by atoms with Crippen LogP contribution in [-0.4, -0.2) is 9.97 Å². The lowest BCUT2D eigenvalue weighted by molar-refractivity contribution is 0.590. The molecule has 0 saturated carbocycles. The maximum Gasteiger partial charge on any atom is 0.248 e. The Labute approximate surface area is 134 Å². The molecule has 0 aliphatic rings. The Hall–Kier alpha value is -2.62. The minimum absolute atomic E-state index is 0.0829. The van der Waals surface area contributed by atoms with Gasteiger partial charge in [-0.1, -0.05) is 39.0 Å². The molecule has 3 rings (SSSR count). The van der Waals surface area contributed by atoms with Gasteiger partial charge in [0.05, 0.1) is 11.2 Å². The van der Waals surface area contributed by atoms with Crippen molar-refractivity contribution >= 4 is 11.0 Å². The lowest BCUT2D eigenvalue weighted by Gasteiger charge is -2.20. The van der Waals surface area contributed by atoms with Crippen LogP contribution in [0.15, 0.2) is 46.0 Å². The number of fused-ring (bicyclic) bond motifs is 1. The van der Waals surface area contributed by atoms with Crippen LogP contribution in [0.25, 0.3) is 22.3 Å². The number of hydrogen-bond donors (Lipinski definition) is 2. The number of rotatable bonds is 1. The minimum Gasteiger partial charge on any atom is -0.353 e. The topological polar surface area (TPSA) is 65.7 Å². The van der Waals surface area contributed by atoms with Gasteiger partial charge in [0.2, 0.25) is 11.0 Å². The van der Waals surface area contributed by atoms with E-state index in [0.717, 1.165) is 16.8 Å². The predicted molar refractivity (Wildman–Crippen MR) is 94.1 cm³/mol. The summed E-state index contributed by atoms with van der Waals surface area (Å²) in [5.41, 5.74) is 4.67. The molecule has 0 fully saturated rings. The average Bonchev–Trinajstić information content (AvgIpc) is 2.47. The summed E-state index contributed by atoms with van der Waals surface area (Å²) < 4.78 is 0. The molecule has 1 aromatic carbocycles. The predicted octanol–water partition coefficient (Wildman–Crippen LogP) is 3.49. The molecule has 2 N–H and O–H groups in total. The van der Waals surface area contributed by atoms with E-state index < -0.39 is 0 Å². The SMILES string of the molecule is Cc1cc(C(C)(C)C)ccc1-c1cc(=O)c2[nH]c(=O)ccc2[nH]1. The second-order valence-electron chi connectivity index (χ2n) is 6.94. The number of nitrogens with one attached hydrogen (secondary N) is 2. The van der Waals surface area contributed by atoms with Gasteiger partial charge in [-0.3, -0.25) is 9.59 Å². The fraction of sp³-hybridized carbons (Fsp3) is 0.263. The standard InChI is InChI=1S/C19H20N2O2/c1-11-9-12(19(2,3)4)5-6-13(11)15-10-16(22)18-14(20-15)7-8-17(23)21-18/h5-10H,1-4H3,(H,20,22)(H,21,23). The van der Waals surface area contributed by atoms with E-state index in [9.17, 15) is 9.59 Å². The van der Waals surface area contributed by atoms with Crippen LogP contribution in [0.5, 0.6) is 0 Å². The quantitative estimate of drug-likeness (QED) is 0.722. The summed E-state index contributed by atoms with van der Waals surface area (Å²) in [6, 6.07) is 10.9. The molecule has 23 heavy (non-hydrogen) atoms. The Bertz CT molecular complexity index is 1000. The van der Waals surface area contributed by atoms with Crippen molar-refractivity contribution < 1.29 is 0 Å². The van der Waals surface area contributed by atoms with Crippen LogP contribution in [0, 0.1) is 6.92 Å². The van der Waals surface area contributed by atoms with E-state index in [-0.39, 0.29) is 16.4 Å². The molecule has 0 bridgehead atoms. The van der Waals surface area contributed by atoms with E-state index in [2.05, 4.69) is 42.9 Å². The van der Waals surface area contributed by atoms with Crippen molar-refractivity contribution in [1.29, 1.82) is 0 Å². The third-order valence-electron chi connectivity index (χ3n) is 4.09. The van der Waals surface area contributed by atoms with Crippen molar-refractivity contribution in [3.8, 4) is 11.3 Å². The average molecular weight is 308 g/mol. The van der Waals surface area contributed by atoms with Gasteiger partial charge in [0.1, 0.15) is 5.52 Å². The van der Waals surface area contributed by atoms with Crippen molar-refractivity contribution in [3.63, 3.8) is 0 Å². The molecule has 118 valence electrons. The molecule has 4 nitrogen and oxygen atoms in total. The number of H-pyrrole nitrogens is 2. The van der Waals surface area contributed by atoms with Crippen molar-refractivity contribution in [1.82, 2.24) is 9.97 Å².